The molecule has 0 aliphatic carbocycles. The minimum atomic E-state index is -3.83. The van der Waals surface area contributed by atoms with Crippen molar-refractivity contribution in [3.8, 4) is 0 Å². The number of carbonyl (C=O) groups is 1. The molecular formula is C18H22N2O3S2. The maximum Gasteiger partial charge on any atom is 0.238 e. The topological polar surface area (TPSA) is 89.3 Å². The monoisotopic (exact) mass is 378 g/mol. The van der Waals surface area contributed by atoms with E-state index in [-0.39, 0.29) is 16.1 Å². The van der Waals surface area contributed by atoms with E-state index in [0.29, 0.717) is 5.69 Å². The smallest absolute Gasteiger partial charge is 0.238 e. The number of carbonyl (C=O) groups excluding carboxylic acids is 1. The summed E-state index contributed by atoms with van der Waals surface area (Å²) in [6.45, 7) is 7.43. The number of nitrogens with one attached hydrogen (secondary N) is 1. The zero-order valence-corrected chi connectivity index (χ0v) is 16.3. The van der Waals surface area contributed by atoms with Crippen molar-refractivity contribution in [2.75, 3.05) is 5.32 Å². The highest BCUT2D eigenvalue weighted by Crippen LogP contribution is 2.27. The molecule has 5 nitrogen and oxygen atoms in total. The van der Waals surface area contributed by atoms with Gasteiger partial charge in [-0.2, -0.15) is 0 Å². The lowest BCUT2D eigenvalue weighted by Gasteiger charge is -2.16. The molecule has 2 rings (SSSR count). The first-order valence-corrected chi connectivity index (χ1v) is 10.2. The van der Waals surface area contributed by atoms with Crippen LogP contribution in [-0.4, -0.2) is 19.6 Å². The maximum absolute atomic E-state index is 12.5. The Morgan fingerprint density at radius 3 is 2.28 bits per heavy atom. The van der Waals surface area contributed by atoms with Crippen molar-refractivity contribution < 1.29 is 13.2 Å². The standard InChI is InChI=1S/C18H22N2O3S2/c1-11-5-7-15(8-6-11)24-14(4)18(21)20-17-10-16(25(19,22)23)9-12(2)13(17)3/h5-10,14H,1-4H3,(H,20,21)(H2,19,22,23)/t14-/m1/s1. The molecule has 7 heteroatoms. The summed E-state index contributed by atoms with van der Waals surface area (Å²) in [5.74, 6) is -0.195. The van der Waals surface area contributed by atoms with Crippen LogP contribution in [0.25, 0.3) is 0 Å². The van der Waals surface area contributed by atoms with Gasteiger partial charge in [0.15, 0.2) is 0 Å². The van der Waals surface area contributed by atoms with Gasteiger partial charge in [-0.3, -0.25) is 4.79 Å². The molecule has 0 unspecified atom stereocenters. The first-order chi connectivity index (χ1) is 11.6. The molecule has 0 aliphatic rings. The Kier molecular flexibility index (Phi) is 5.92. The summed E-state index contributed by atoms with van der Waals surface area (Å²) in [5, 5.41) is 7.69. The second-order valence-electron chi connectivity index (χ2n) is 6.02. The molecule has 0 radical (unpaired) electrons. The number of sulfonamides is 1. The molecule has 0 fully saturated rings. The summed E-state index contributed by atoms with van der Waals surface area (Å²) in [4.78, 5) is 13.5. The Hall–Kier alpha value is -1.83. The zero-order chi connectivity index (χ0) is 18.8. The Balaban J connectivity index is 2.19. The Labute approximate surface area is 153 Å². The first kappa shape index (κ1) is 19.5. The SMILES string of the molecule is Cc1ccc(S[C@H](C)C(=O)Nc2cc(S(N)(=O)=O)cc(C)c2C)cc1. The van der Waals surface area contributed by atoms with E-state index in [2.05, 4.69) is 5.32 Å². The molecule has 0 saturated heterocycles. The Morgan fingerprint density at radius 1 is 1.12 bits per heavy atom. The van der Waals surface area contributed by atoms with Crippen LogP contribution in [0.3, 0.4) is 0 Å². The third-order valence-electron chi connectivity index (χ3n) is 3.93. The molecular weight excluding hydrogens is 356 g/mol. The van der Waals surface area contributed by atoms with E-state index in [1.807, 2.05) is 45.0 Å². The van der Waals surface area contributed by atoms with Gasteiger partial charge in [-0.1, -0.05) is 17.7 Å². The van der Waals surface area contributed by atoms with Gasteiger partial charge in [-0.15, -0.1) is 11.8 Å². The molecule has 2 aromatic carbocycles. The molecule has 0 aliphatic heterocycles. The van der Waals surface area contributed by atoms with Crippen LogP contribution in [0.1, 0.15) is 23.6 Å². The van der Waals surface area contributed by atoms with E-state index in [9.17, 15) is 13.2 Å². The number of anilines is 1. The number of aryl methyl sites for hydroxylation is 2. The lowest BCUT2D eigenvalue weighted by Crippen LogP contribution is -2.23. The average Bonchev–Trinajstić information content (AvgIpc) is 2.52. The number of primary sulfonamides is 1. The summed E-state index contributed by atoms with van der Waals surface area (Å²) >= 11 is 1.44. The molecule has 134 valence electrons. The third kappa shape index (κ3) is 5.07. The van der Waals surface area contributed by atoms with Crippen molar-refractivity contribution in [2.45, 2.75) is 42.7 Å². The highest BCUT2D eigenvalue weighted by atomic mass is 32.2. The molecule has 0 heterocycles. The van der Waals surface area contributed by atoms with Gasteiger partial charge in [-0.25, -0.2) is 13.6 Å². The van der Waals surface area contributed by atoms with E-state index in [4.69, 9.17) is 5.14 Å². The molecule has 2 aromatic rings. The second kappa shape index (κ2) is 7.59. The summed E-state index contributed by atoms with van der Waals surface area (Å²) in [5.41, 5.74) is 3.19. The fourth-order valence-electron chi connectivity index (χ4n) is 2.23. The minimum absolute atomic E-state index is 0.00950. The van der Waals surface area contributed by atoms with Gasteiger partial charge in [0.1, 0.15) is 0 Å². The number of amides is 1. The van der Waals surface area contributed by atoms with Gasteiger partial charge >= 0.3 is 0 Å². The number of nitrogens with two attached hydrogens (primary N) is 1. The molecule has 1 amide bonds. The van der Waals surface area contributed by atoms with Gasteiger partial charge in [0.05, 0.1) is 10.1 Å². The lowest BCUT2D eigenvalue weighted by molar-refractivity contribution is -0.115. The van der Waals surface area contributed by atoms with Crippen LogP contribution < -0.4 is 10.5 Å². The summed E-state index contributed by atoms with van der Waals surface area (Å²) in [6.07, 6.45) is 0. The van der Waals surface area contributed by atoms with E-state index in [0.717, 1.165) is 21.6 Å². The van der Waals surface area contributed by atoms with Gasteiger partial charge in [0, 0.05) is 10.6 Å². The minimum Gasteiger partial charge on any atom is -0.325 e. The highest BCUT2D eigenvalue weighted by molar-refractivity contribution is 8.00. The van der Waals surface area contributed by atoms with E-state index < -0.39 is 10.0 Å². The van der Waals surface area contributed by atoms with Crippen LogP contribution in [0.4, 0.5) is 5.69 Å². The predicted octanol–water partition coefficient (Wildman–Crippen LogP) is 3.38. The second-order valence-corrected chi connectivity index (χ2v) is 9.00. The fourth-order valence-corrected chi connectivity index (χ4v) is 3.72. The zero-order valence-electron chi connectivity index (χ0n) is 14.7. The Bertz CT molecular complexity index is 891. The van der Waals surface area contributed by atoms with Crippen molar-refractivity contribution in [3.05, 3.63) is 53.1 Å². The van der Waals surface area contributed by atoms with Crippen LogP contribution in [0.15, 0.2) is 46.2 Å². The molecule has 1 atom stereocenters. The number of rotatable bonds is 5. The summed E-state index contributed by atoms with van der Waals surface area (Å²) in [6, 6.07) is 10.8. The predicted molar refractivity (Wildman–Crippen MR) is 102 cm³/mol. The van der Waals surface area contributed by atoms with E-state index in [1.165, 1.54) is 23.9 Å². The summed E-state index contributed by atoms with van der Waals surface area (Å²) in [7, 11) is -3.83. The lowest BCUT2D eigenvalue weighted by atomic mass is 10.1. The van der Waals surface area contributed by atoms with E-state index in [1.54, 1.807) is 6.92 Å². The quantitative estimate of drug-likeness (QED) is 0.781. The highest BCUT2D eigenvalue weighted by Gasteiger charge is 2.18. The molecule has 0 bridgehead atoms. The fraction of sp³-hybridized carbons (Fsp3) is 0.278. The van der Waals surface area contributed by atoms with Crippen molar-refractivity contribution >= 4 is 33.4 Å². The average molecular weight is 379 g/mol. The van der Waals surface area contributed by atoms with E-state index >= 15 is 0 Å². The van der Waals surface area contributed by atoms with Gasteiger partial charge in [-0.05, 0) is 63.1 Å². The van der Waals surface area contributed by atoms with Crippen molar-refractivity contribution in [2.24, 2.45) is 5.14 Å². The van der Waals surface area contributed by atoms with Crippen LogP contribution in [0.2, 0.25) is 0 Å². The van der Waals surface area contributed by atoms with Crippen molar-refractivity contribution in [3.63, 3.8) is 0 Å². The van der Waals surface area contributed by atoms with Crippen LogP contribution >= 0.6 is 11.8 Å². The normalized spacial score (nSPS) is 12.7. The third-order valence-corrected chi connectivity index (χ3v) is 5.94. The van der Waals surface area contributed by atoms with Crippen LogP contribution in [0, 0.1) is 20.8 Å². The largest absolute Gasteiger partial charge is 0.325 e. The number of hydrogen-bond donors (Lipinski definition) is 2. The summed E-state index contributed by atoms with van der Waals surface area (Å²) < 4.78 is 23.2. The molecule has 0 aromatic heterocycles. The van der Waals surface area contributed by atoms with Gasteiger partial charge in [0.2, 0.25) is 15.9 Å². The molecule has 25 heavy (non-hydrogen) atoms. The maximum atomic E-state index is 12.5. The number of thioether (sulfide) groups is 1. The van der Waals surface area contributed by atoms with Crippen LogP contribution in [-0.2, 0) is 14.8 Å². The Morgan fingerprint density at radius 2 is 1.72 bits per heavy atom. The van der Waals surface area contributed by atoms with Gasteiger partial charge < -0.3 is 5.32 Å². The molecule has 3 N–H and O–H groups in total. The number of benzene rings is 2. The first-order valence-electron chi connectivity index (χ1n) is 7.76. The van der Waals surface area contributed by atoms with Crippen molar-refractivity contribution in [1.29, 1.82) is 0 Å². The van der Waals surface area contributed by atoms with Crippen molar-refractivity contribution in [1.82, 2.24) is 0 Å². The number of hydrogen-bond acceptors (Lipinski definition) is 4. The van der Waals surface area contributed by atoms with Crippen LogP contribution in [0.5, 0.6) is 0 Å². The van der Waals surface area contributed by atoms with Gasteiger partial charge in [0.25, 0.3) is 0 Å². The molecule has 0 saturated carbocycles. The molecule has 0 spiro atoms.